The average Bonchev–Trinajstić information content (AvgIpc) is 3.38. The molecule has 0 spiro atoms. The summed E-state index contributed by atoms with van der Waals surface area (Å²) < 4.78 is 42.9. The van der Waals surface area contributed by atoms with Crippen LogP contribution in [0.4, 0.5) is 28.4 Å². The first-order chi connectivity index (χ1) is 16.7. The van der Waals surface area contributed by atoms with Gasteiger partial charge < -0.3 is 21.3 Å². The summed E-state index contributed by atoms with van der Waals surface area (Å²) in [6.07, 6.45) is -3.54. The molecule has 1 aromatic heterocycles. The molecule has 35 heavy (non-hydrogen) atoms. The Bertz CT molecular complexity index is 1280. The van der Waals surface area contributed by atoms with Crippen LogP contribution < -0.4 is 16.4 Å². The molecule has 184 valence electrons. The van der Waals surface area contributed by atoms with Crippen molar-refractivity contribution < 1.29 is 27.6 Å². The van der Waals surface area contributed by atoms with Crippen molar-refractivity contribution in [3.05, 3.63) is 65.3 Å². The molecule has 1 saturated heterocycles. The minimum absolute atomic E-state index is 0.0749. The van der Waals surface area contributed by atoms with E-state index in [2.05, 4.69) is 10.6 Å². The number of likely N-dealkylation sites (tertiary alicyclic amines) is 1. The summed E-state index contributed by atoms with van der Waals surface area (Å²) in [6.45, 7) is -0.408. The molecule has 1 aliphatic rings. The van der Waals surface area contributed by atoms with Crippen molar-refractivity contribution in [3.63, 3.8) is 0 Å². The van der Waals surface area contributed by atoms with Crippen LogP contribution in [0.1, 0.15) is 18.0 Å². The van der Waals surface area contributed by atoms with Crippen molar-refractivity contribution in [2.75, 3.05) is 11.9 Å². The summed E-state index contributed by atoms with van der Waals surface area (Å²) in [5.74, 6) is -0.926. The third-order valence-electron chi connectivity index (χ3n) is 5.76. The minimum atomic E-state index is -2.97. The van der Waals surface area contributed by atoms with Gasteiger partial charge in [0, 0.05) is 23.0 Å². The first kappa shape index (κ1) is 24.4. The second-order valence-corrected chi connectivity index (χ2v) is 8.51. The van der Waals surface area contributed by atoms with Gasteiger partial charge in [-0.05, 0) is 23.8 Å². The number of urea groups is 1. The number of carbonyl (C=O) groups excluding carboxylic acids is 3. The summed E-state index contributed by atoms with van der Waals surface area (Å²) >= 11 is 5.88. The fourth-order valence-electron chi connectivity index (χ4n) is 4.15. The van der Waals surface area contributed by atoms with E-state index in [1.165, 1.54) is 30.5 Å². The number of fused-ring (bicyclic) bond motifs is 1. The number of carbonyl (C=O) groups is 3. The van der Waals surface area contributed by atoms with Crippen molar-refractivity contribution in [1.82, 2.24) is 14.8 Å². The molecule has 12 heteroatoms. The number of halogens is 4. The maximum atomic E-state index is 14.3. The van der Waals surface area contributed by atoms with E-state index in [1.807, 2.05) is 0 Å². The Balaban J connectivity index is 1.55. The van der Waals surface area contributed by atoms with E-state index in [0.29, 0.717) is 10.9 Å². The third kappa shape index (κ3) is 5.04. The van der Waals surface area contributed by atoms with E-state index in [-0.39, 0.29) is 22.7 Å². The summed E-state index contributed by atoms with van der Waals surface area (Å²) in [5.41, 5.74) is 6.12. The number of benzene rings is 2. The summed E-state index contributed by atoms with van der Waals surface area (Å²) in [5, 5.41) is 5.49. The Morgan fingerprint density at radius 1 is 1.11 bits per heavy atom. The Hall–Kier alpha value is -3.73. The van der Waals surface area contributed by atoms with Crippen LogP contribution in [-0.4, -0.2) is 52.6 Å². The van der Waals surface area contributed by atoms with Gasteiger partial charge in [0.2, 0.25) is 5.91 Å². The highest BCUT2D eigenvalue weighted by atomic mass is 35.5. The van der Waals surface area contributed by atoms with Crippen LogP contribution in [0, 0.1) is 0 Å². The van der Waals surface area contributed by atoms with Gasteiger partial charge in [-0.3, -0.25) is 9.36 Å². The van der Waals surface area contributed by atoms with Gasteiger partial charge in [-0.25, -0.2) is 22.8 Å². The SMILES string of the molecule is NC(=O)n1cc(NC(=O)N2C[C@H](F)C[C@H]2C(=O)N[C@H](c2cccc(Cl)c2)C(F)F)c2ccccc21. The molecule has 4 rings (SSSR count). The largest absolute Gasteiger partial charge is 0.351 e. The number of aromatic nitrogens is 1. The lowest BCUT2D eigenvalue weighted by atomic mass is 10.1. The zero-order valence-corrected chi connectivity index (χ0v) is 18.9. The van der Waals surface area contributed by atoms with Crippen molar-refractivity contribution in [3.8, 4) is 0 Å². The Labute approximate surface area is 202 Å². The Morgan fingerprint density at radius 2 is 1.86 bits per heavy atom. The Morgan fingerprint density at radius 3 is 2.54 bits per heavy atom. The predicted octanol–water partition coefficient (Wildman–Crippen LogP) is 4.29. The van der Waals surface area contributed by atoms with Crippen molar-refractivity contribution in [2.45, 2.75) is 31.1 Å². The van der Waals surface area contributed by atoms with Gasteiger partial charge in [-0.15, -0.1) is 0 Å². The maximum absolute atomic E-state index is 14.3. The van der Waals surface area contributed by atoms with Crippen LogP contribution in [0.3, 0.4) is 0 Å². The van der Waals surface area contributed by atoms with Crippen LogP contribution in [0.5, 0.6) is 0 Å². The van der Waals surface area contributed by atoms with Gasteiger partial charge in [-0.1, -0.05) is 41.9 Å². The monoisotopic (exact) mass is 507 g/mol. The lowest BCUT2D eigenvalue weighted by Crippen LogP contribution is -2.49. The highest BCUT2D eigenvalue weighted by molar-refractivity contribution is 6.30. The molecule has 0 saturated carbocycles. The van der Waals surface area contributed by atoms with E-state index in [1.54, 1.807) is 24.3 Å². The van der Waals surface area contributed by atoms with Gasteiger partial charge in [0.05, 0.1) is 17.7 Å². The second-order valence-electron chi connectivity index (χ2n) is 8.08. The molecule has 4 amide bonds. The van der Waals surface area contributed by atoms with E-state index in [4.69, 9.17) is 17.3 Å². The smallest absolute Gasteiger partial charge is 0.323 e. The quantitative estimate of drug-likeness (QED) is 0.479. The van der Waals surface area contributed by atoms with Crippen molar-refractivity contribution in [1.29, 1.82) is 0 Å². The molecule has 0 unspecified atom stereocenters. The van der Waals surface area contributed by atoms with Crippen molar-refractivity contribution >= 4 is 46.2 Å². The summed E-state index contributed by atoms with van der Waals surface area (Å²) in [4.78, 5) is 38.6. The topological polar surface area (TPSA) is 109 Å². The second kappa shape index (κ2) is 9.87. The van der Waals surface area contributed by atoms with Gasteiger partial charge in [-0.2, -0.15) is 0 Å². The lowest BCUT2D eigenvalue weighted by molar-refractivity contribution is -0.126. The minimum Gasteiger partial charge on any atom is -0.351 e. The Kier molecular flexibility index (Phi) is 6.88. The molecule has 0 aliphatic carbocycles. The van der Waals surface area contributed by atoms with Gasteiger partial charge in [0.25, 0.3) is 6.43 Å². The fraction of sp³-hybridized carbons (Fsp3) is 0.261. The van der Waals surface area contributed by atoms with E-state index in [9.17, 15) is 27.6 Å². The number of anilines is 1. The van der Waals surface area contributed by atoms with E-state index in [0.717, 1.165) is 9.47 Å². The van der Waals surface area contributed by atoms with Gasteiger partial charge >= 0.3 is 12.1 Å². The number of hydrogen-bond donors (Lipinski definition) is 3. The van der Waals surface area contributed by atoms with Crippen molar-refractivity contribution in [2.24, 2.45) is 5.73 Å². The molecule has 1 fully saturated rings. The molecule has 0 bridgehead atoms. The molecule has 0 radical (unpaired) electrons. The maximum Gasteiger partial charge on any atom is 0.323 e. The third-order valence-corrected chi connectivity index (χ3v) is 6.00. The molecule has 3 aromatic rings. The molecule has 4 N–H and O–H groups in total. The van der Waals surface area contributed by atoms with Crippen LogP contribution in [0.25, 0.3) is 10.9 Å². The molecule has 2 aromatic carbocycles. The summed E-state index contributed by atoms with van der Waals surface area (Å²) in [6, 6.07) is 7.67. The number of amides is 4. The van der Waals surface area contributed by atoms with E-state index >= 15 is 0 Å². The average molecular weight is 508 g/mol. The number of para-hydroxylation sites is 1. The zero-order chi connectivity index (χ0) is 25.3. The molecule has 2 heterocycles. The summed E-state index contributed by atoms with van der Waals surface area (Å²) in [7, 11) is 0. The van der Waals surface area contributed by atoms with Gasteiger partial charge in [0.15, 0.2) is 0 Å². The highest BCUT2D eigenvalue weighted by Gasteiger charge is 2.41. The number of primary amides is 1. The first-order valence-corrected chi connectivity index (χ1v) is 11.0. The number of hydrogen-bond acceptors (Lipinski definition) is 3. The molecule has 1 aliphatic heterocycles. The fourth-order valence-corrected chi connectivity index (χ4v) is 4.35. The standard InChI is InChI=1S/C23H21ClF3N5O3/c24-13-5-3-4-12(8-13)19(20(26)27)30-21(33)18-9-14(25)10-32(18)23(35)29-16-11-31(22(28)34)17-7-2-1-6-15(16)17/h1-8,11,14,18-20H,9-10H2,(H2,28,34)(H,29,35)(H,30,33)/t14-,18+,19-/m1/s1. The molecular formula is C23H21ClF3N5O3. The zero-order valence-electron chi connectivity index (χ0n) is 18.1. The highest BCUT2D eigenvalue weighted by Crippen LogP contribution is 2.29. The van der Waals surface area contributed by atoms with Crippen LogP contribution in [0.15, 0.2) is 54.7 Å². The van der Waals surface area contributed by atoms with E-state index < -0.39 is 49.2 Å². The van der Waals surface area contributed by atoms with Crippen LogP contribution >= 0.6 is 11.6 Å². The number of nitrogens with two attached hydrogens (primary N) is 1. The normalized spacial score (nSPS) is 18.6. The number of rotatable bonds is 5. The molecule has 3 atom stereocenters. The van der Waals surface area contributed by atoms with Crippen LogP contribution in [0.2, 0.25) is 5.02 Å². The number of nitrogens with zero attached hydrogens (tertiary/aromatic N) is 2. The number of nitrogens with one attached hydrogen (secondary N) is 2. The first-order valence-electron chi connectivity index (χ1n) is 10.6. The predicted molar refractivity (Wildman–Crippen MR) is 124 cm³/mol. The van der Waals surface area contributed by atoms with Gasteiger partial charge in [0.1, 0.15) is 18.3 Å². The number of alkyl halides is 3. The molecular weight excluding hydrogens is 487 g/mol. The van der Waals surface area contributed by atoms with Crippen LogP contribution in [-0.2, 0) is 4.79 Å². The lowest BCUT2D eigenvalue weighted by Gasteiger charge is -2.26. The molecule has 8 nitrogen and oxygen atoms in total.